The van der Waals surface area contributed by atoms with Gasteiger partial charge in [-0.1, -0.05) is 23.2 Å². The Kier molecular flexibility index (Phi) is 4.45. The molecule has 1 amide bonds. The molecule has 0 bridgehead atoms. The number of benzene rings is 1. The number of halogens is 3. The number of anilines is 1. The number of aryl methyl sites for hydroxylation is 1. The van der Waals surface area contributed by atoms with Gasteiger partial charge in [0.05, 0.1) is 22.5 Å². The van der Waals surface area contributed by atoms with Gasteiger partial charge in [0.1, 0.15) is 4.60 Å². The molecule has 1 aromatic carbocycles. The molecule has 3 nitrogen and oxygen atoms in total. The monoisotopic (exact) mass is 358 g/mol. The Morgan fingerprint density at radius 1 is 1.32 bits per heavy atom. The Bertz CT molecular complexity index is 647. The first-order chi connectivity index (χ1) is 8.97. The van der Waals surface area contributed by atoms with Gasteiger partial charge in [-0.3, -0.25) is 4.79 Å². The summed E-state index contributed by atoms with van der Waals surface area (Å²) in [6.07, 6.45) is 1.56. The molecule has 1 N–H and O–H groups in total. The molecule has 0 aliphatic carbocycles. The number of pyridine rings is 1. The zero-order valence-electron chi connectivity index (χ0n) is 9.88. The van der Waals surface area contributed by atoms with Gasteiger partial charge in [-0.15, -0.1) is 0 Å². The average molecular weight is 360 g/mol. The molecule has 0 spiro atoms. The van der Waals surface area contributed by atoms with Crippen molar-refractivity contribution in [2.45, 2.75) is 6.92 Å². The molecule has 0 saturated heterocycles. The van der Waals surface area contributed by atoms with Crippen molar-refractivity contribution in [3.8, 4) is 0 Å². The van der Waals surface area contributed by atoms with Gasteiger partial charge in [0, 0.05) is 5.02 Å². The molecule has 0 aliphatic heterocycles. The van der Waals surface area contributed by atoms with E-state index in [2.05, 4.69) is 26.2 Å². The fourth-order valence-corrected chi connectivity index (χ4v) is 2.09. The molecular formula is C13H9BrCl2N2O. The third-order valence-electron chi connectivity index (χ3n) is 2.45. The highest BCUT2D eigenvalue weighted by atomic mass is 79.9. The first-order valence-corrected chi connectivity index (χ1v) is 6.91. The van der Waals surface area contributed by atoms with Gasteiger partial charge < -0.3 is 5.32 Å². The zero-order chi connectivity index (χ0) is 14.0. The van der Waals surface area contributed by atoms with Gasteiger partial charge >= 0.3 is 0 Å². The van der Waals surface area contributed by atoms with Crippen molar-refractivity contribution in [1.29, 1.82) is 0 Å². The van der Waals surface area contributed by atoms with Crippen LogP contribution in [0, 0.1) is 6.92 Å². The molecule has 0 aliphatic rings. The lowest BCUT2D eigenvalue weighted by molar-refractivity contribution is 0.102. The maximum Gasteiger partial charge on any atom is 0.257 e. The molecule has 2 aromatic rings. The van der Waals surface area contributed by atoms with Crippen LogP contribution >= 0.6 is 39.1 Å². The third kappa shape index (κ3) is 3.47. The quantitative estimate of drug-likeness (QED) is 0.789. The van der Waals surface area contributed by atoms with E-state index in [-0.39, 0.29) is 5.91 Å². The fraction of sp³-hybridized carbons (Fsp3) is 0.0769. The maximum atomic E-state index is 12.1. The van der Waals surface area contributed by atoms with Gasteiger partial charge in [-0.05, 0) is 52.7 Å². The summed E-state index contributed by atoms with van der Waals surface area (Å²) in [7, 11) is 0. The normalized spacial score (nSPS) is 10.3. The second-order valence-corrected chi connectivity index (χ2v) is 5.50. The molecule has 6 heteroatoms. The molecule has 0 fully saturated rings. The first kappa shape index (κ1) is 14.3. The first-order valence-electron chi connectivity index (χ1n) is 5.36. The zero-order valence-corrected chi connectivity index (χ0v) is 13.0. The maximum absolute atomic E-state index is 12.1. The number of carbonyl (C=O) groups excluding carboxylic acids is 1. The minimum absolute atomic E-state index is 0.323. The molecule has 0 saturated carbocycles. The number of hydrogen-bond donors (Lipinski definition) is 1. The summed E-state index contributed by atoms with van der Waals surface area (Å²) in [4.78, 5) is 16.2. The minimum atomic E-state index is -0.323. The lowest BCUT2D eigenvalue weighted by Gasteiger charge is -2.08. The number of hydrogen-bond acceptors (Lipinski definition) is 2. The van der Waals surface area contributed by atoms with E-state index in [1.54, 1.807) is 18.3 Å². The Morgan fingerprint density at radius 3 is 2.74 bits per heavy atom. The summed E-state index contributed by atoms with van der Waals surface area (Å²) in [5.41, 5.74) is 1.85. The Morgan fingerprint density at radius 2 is 2.05 bits per heavy atom. The van der Waals surface area contributed by atoms with E-state index < -0.39 is 0 Å². The highest BCUT2D eigenvalue weighted by Gasteiger charge is 2.12. The molecule has 0 unspecified atom stereocenters. The van der Waals surface area contributed by atoms with Crippen molar-refractivity contribution < 1.29 is 4.79 Å². The molecule has 98 valence electrons. The van der Waals surface area contributed by atoms with E-state index in [4.69, 9.17) is 23.2 Å². The van der Waals surface area contributed by atoms with Crippen molar-refractivity contribution in [3.05, 3.63) is 56.2 Å². The van der Waals surface area contributed by atoms with Crippen molar-refractivity contribution in [2.24, 2.45) is 0 Å². The number of rotatable bonds is 2. The van der Waals surface area contributed by atoms with E-state index in [0.717, 1.165) is 10.2 Å². The van der Waals surface area contributed by atoms with Crippen LogP contribution in [-0.2, 0) is 0 Å². The number of amides is 1. The van der Waals surface area contributed by atoms with E-state index in [1.807, 2.05) is 13.0 Å². The summed E-state index contributed by atoms with van der Waals surface area (Å²) in [5, 5.41) is 3.54. The number of aromatic nitrogens is 1. The van der Waals surface area contributed by atoms with Gasteiger partial charge in [-0.2, -0.15) is 0 Å². The Hall–Kier alpha value is -1.10. The van der Waals surface area contributed by atoms with Crippen molar-refractivity contribution in [2.75, 3.05) is 5.32 Å². The van der Waals surface area contributed by atoms with Crippen molar-refractivity contribution in [1.82, 2.24) is 4.98 Å². The van der Waals surface area contributed by atoms with E-state index >= 15 is 0 Å². The predicted molar refractivity (Wildman–Crippen MR) is 81.1 cm³/mol. The van der Waals surface area contributed by atoms with Crippen LogP contribution < -0.4 is 5.32 Å². The van der Waals surface area contributed by atoms with Crippen LogP contribution in [-0.4, -0.2) is 10.9 Å². The van der Waals surface area contributed by atoms with Gasteiger partial charge in [0.25, 0.3) is 5.91 Å². The van der Waals surface area contributed by atoms with Crippen molar-refractivity contribution >= 4 is 50.7 Å². The summed E-state index contributed by atoms with van der Waals surface area (Å²) in [5.74, 6) is -0.323. The van der Waals surface area contributed by atoms with Crippen LogP contribution in [0.25, 0.3) is 0 Å². The van der Waals surface area contributed by atoms with Crippen LogP contribution in [0.5, 0.6) is 0 Å². The van der Waals surface area contributed by atoms with E-state index in [9.17, 15) is 4.79 Å². The van der Waals surface area contributed by atoms with E-state index in [0.29, 0.717) is 21.3 Å². The highest BCUT2D eigenvalue weighted by molar-refractivity contribution is 9.10. The van der Waals surface area contributed by atoms with Crippen LogP contribution in [0.1, 0.15) is 15.9 Å². The highest BCUT2D eigenvalue weighted by Crippen LogP contribution is 2.22. The molecule has 1 heterocycles. The molecule has 2 rings (SSSR count). The van der Waals surface area contributed by atoms with Crippen LogP contribution in [0.3, 0.4) is 0 Å². The summed E-state index contributed by atoms with van der Waals surface area (Å²) < 4.78 is 0.742. The fourth-order valence-electron chi connectivity index (χ4n) is 1.50. The smallest absolute Gasteiger partial charge is 0.257 e. The Labute approximate surface area is 129 Å². The van der Waals surface area contributed by atoms with Crippen LogP contribution in [0.2, 0.25) is 10.0 Å². The summed E-state index contributed by atoms with van der Waals surface area (Å²) in [6.45, 7) is 1.89. The topological polar surface area (TPSA) is 42.0 Å². The standard InChI is InChI=1S/C13H9BrCl2N2O/c1-7-4-9(6-17-12(7)14)18-13(19)10-5-8(15)2-3-11(10)16/h2-6H,1H3,(H,18,19). The SMILES string of the molecule is Cc1cc(NC(=O)c2cc(Cl)ccc2Cl)cnc1Br. The predicted octanol–water partition coefficient (Wildman–Crippen LogP) is 4.71. The van der Waals surface area contributed by atoms with Gasteiger partial charge in [0.2, 0.25) is 0 Å². The van der Waals surface area contributed by atoms with Gasteiger partial charge in [-0.25, -0.2) is 4.98 Å². The van der Waals surface area contributed by atoms with Crippen LogP contribution in [0.15, 0.2) is 35.1 Å². The number of nitrogens with one attached hydrogen (secondary N) is 1. The number of carbonyl (C=O) groups is 1. The summed E-state index contributed by atoms with van der Waals surface area (Å²) in [6, 6.07) is 6.56. The van der Waals surface area contributed by atoms with Gasteiger partial charge in [0.15, 0.2) is 0 Å². The second-order valence-electron chi connectivity index (χ2n) is 3.91. The average Bonchev–Trinajstić information content (AvgIpc) is 2.36. The Balaban J connectivity index is 2.25. The molecule has 1 aromatic heterocycles. The molecule has 0 radical (unpaired) electrons. The molecule has 19 heavy (non-hydrogen) atoms. The van der Waals surface area contributed by atoms with Crippen LogP contribution in [0.4, 0.5) is 5.69 Å². The lowest BCUT2D eigenvalue weighted by Crippen LogP contribution is -2.12. The summed E-state index contributed by atoms with van der Waals surface area (Å²) >= 11 is 15.1. The lowest BCUT2D eigenvalue weighted by atomic mass is 10.2. The number of nitrogens with zero attached hydrogens (tertiary/aromatic N) is 1. The van der Waals surface area contributed by atoms with E-state index in [1.165, 1.54) is 6.07 Å². The van der Waals surface area contributed by atoms with Crippen molar-refractivity contribution in [3.63, 3.8) is 0 Å². The largest absolute Gasteiger partial charge is 0.321 e. The second kappa shape index (κ2) is 5.90. The molecule has 0 atom stereocenters. The third-order valence-corrected chi connectivity index (χ3v) is 3.84. The minimum Gasteiger partial charge on any atom is -0.321 e. The molecular weight excluding hydrogens is 351 g/mol.